The van der Waals surface area contributed by atoms with Gasteiger partial charge in [-0.1, -0.05) is 5.47 Å². The van der Waals surface area contributed by atoms with Crippen molar-refractivity contribution < 1.29 is 0 Å². The standard InChI is InChI=1S/C6H10BN/c1-4-5(2)8-6(3)7-4/h7H,1-3H3. The molecule has 0 aromatic rings. The lowest BCUT2D eigenvalue weighted by Gasteiger charge is -1.85. The topological polar surface area (TPSA) is 12.4 Å². The minimum absolute atomic E-state index is 1.09. The van der Waals surface area contributed by atoms with Crippen molar-refractivity contribution in [2.45, 2.75) is 20.8 Å². The van der Waals surface area contributed by atoms with Crippen LogP contribution in [0.2, 0.25) is 0 Å². The molecule has 0 bridgehead atoms. The largest absolute Gasteiger partial charge is 0.274 e. The molecular formula is C6H10BN. The highest BCUT2D eigenvalue weighted by atomic mass is 14.7. The van der Waals surface area contributed by atoms with E-state index in [-0.39, 0.29) is 0 Å². The van der Waals surface area contributed by atoms with Gasteiger partial charge in [0.15, 0.2) is 0 Å². The summed E-state index contributed by atoms with van der Waals surface area (Å²) in [6.45, 7) is 6.27. The Balaban J connectivity index is 2.79. The summed E-state index contributed by atoms with van der Waals surface area (Å²) in [6, 6.07) is 0. The van der Waals surface area contributed by atoms with Crippen molar-refractivity contribution >= 4 is 12.9 Å². The van der Waals surface area contributed by atoms with E-state index in [1.54, 1.807) is 0 Å². The molecule has 0 aliphatic carbocycles. The molecule has 1 nitrogen and oxygen atoms in total. The number of hydrogen-bond donors (Lipinski definition) is 0. The van der Waals surface area contributed by atoms with E-state index in [0.29, 0.717) is 0 Å². The zero-order valence-electron chi connectivity index (χ0n) is 5.65. The van der Waals surface area contributed by atoms with E-state index >= 15 is 0 Å². The molecule has 0 unspecified atom stereocenters. The molecule has 0 spiro atoms. The van der Waals surface area contributed by atoms with E-state index < -0.39 is 0 Å². The smallest absolute Gasteiger partial charge is 0.207 e. The fourth-order valence-corrected chi connectivity index (χ4v) is 0.933. The first-order chi connectivity index (χ1) is 3.70. The van der Waals surface area contributed by atoms with Crippen molar-refractivity contribution in [1.82, 2.24) is 0 Å². The monoisotopic (exact) mass is 107 g/mol. The van der Waals surface area contributed by atoms with Gasteiger partial charge in [-0.05, 0) is 26.4 Å². The van der Waals surface area contributed by atoms with Gasteiger partial charge in [0.1, 0.15) is 0 Å². The Hall–Kier alpha value is -0.525. The molecule has 2 heteroatoms. The SMILES string of the molecule is CC1=NC(C)=C(C)B1. The molecule has 0 aromatic heterocycles. The molecule has 0 amide bonds. The third-order valence-electron chi connectivity index (χ3n) is 1.50. The van der Waals surface area contributed by atoms with Crippen LogP contribution in [0, 0.1) is 0 Å². The summed E-state index contributed by atoms with van der Waals surface area (Å²) in [5.74, 6) is 0. The third-order valence-corrected chi connectivity index (χ3v) is 1.50. The van der Waals surface area contributed by atoms with Gasteiger partial charge in [0.2, 0.25) is 7.28 Å². The fourth-order valence-electron chi connectivity index (χ4n) is 0.933. The number of aliphatic imine (C=N–C) groups is 1. The molecule has 0 radical (unpaired) electrons. The van der Waals surface area contributed by atoms with Gasteiger partial charge in [-0.25, -0.2) is 0 Å². The van der Waals surface area contributed by atoms with Gasteiger partial charge in [-0.2, -0.15) is 0 Å². The highest BCUT2D eigenvalue weighted by Crippen LogP contribution is 2.10. The summed E-state index contributed by atoms with van der Waals surface area (Å²) in [4.78, 5) is 4.27. The van der Waals surface area contributed by atoms with Crippen LogP contribution in [0.5, 0.6) is 0 Å². The average molecular weight is 107 g/mol. The number of allylic oxidation sites excluding steroid dienone is 2. The summed E-state index contributed by atoms with van der Waals surface area (Å²) < 4.78 is 0. The maximum absolute atomic E-state index is 4.27. The predicted octanol–water partition coefficient (Wildman–Crippen LogP) is 1.11. The Morgan fingerprint density at radius 2 is 1.88 bits per heavy atom. The molecule has 0 aromatic carbocycles. The van der Waals surface area contributed by atoms with Gasteiger partial charge >= 0.3 is 0 Å². The Bertz CT molecular complexity index is 167. The van der Waals surface area contributed by atoms with Gasteiger partial charge in [-0.3, -0.25) is 4.99 Å². The molecule has 0 saturated heterocycles. The molecular weight excluding hydrogens is 96.9 g/mol. The van der Waals surface area contributed by atoms with Crippen LogP contribution in [-0.2, 0) is 0 Å². The van der Waals surface area contributed by atoms with Crippen LogP contribution in [0.4, 0.5) is 0 Å². The maximum Gasteiger partial charge on any atom is 0.207 e. The van der Waals surface area contributed by atoms with E-state index in [9.17, 15) is 0 Å². The average Bonchev–Trinajstić information content (AvgIpc) is 1.85. The quantitative estimate of drug-likeness (QED) is 0.411. The number of hydrogen-bond acceptors (Lipinski definition) is 1. The van der Waals surface area contributed by atoms with Crippen LogP contribution in [0.1, 0.15) is 20.8 Å². The molecule has 1 aliphatic heterocycles. The molecule has 8 heavy (non-hydrogen) atoms. The first-order valence-corrected chi connectivity index (χ1v) is 2.90. The molecule has 42 valence electrons. The predicted molar refractivity (Wildman–Crippen MR) is 38.6 cm³/mol. The van der Waals surface area contributed by atoms with Crippen LogP contribution >= 0.6 is 0 Å². The first kappa shape index (κ1) is 5.61. The number of rotatable bonds is 0. The summed E-state index contributed by atoms with van der Waals surface area (Å²) in [5.41, 5.74) is 3.88. The Morgan fingerprint density at radius 1 is 1.25 bits per heavy atom. The van der Waals surface area contributed by atoms with E-state index in [0.717, 1.165) is 7.28 Å². The second-order valence-corrected chi connectivity index (χ2v) is 2.39. The molecule has 0 atom stereocenters. The lowest BCUT2D eigenvalue weighted by Crippen LogP contribution is -1.98. The summed E-state index contributed by atoms with van der Waals surface area (Å²) in [5, 5.41) is 0. The lowest BCUT2D eigenvalue weighted by atomic mass is 9.68. The zero-order valence-corrected chi connectivity index (χ0v) is 5.65. The fraction of sp³-hybridized carbons (Fsp3) is 0.500. The second kappa shape index (κ2) is 1.77. The van der Waals surface area contributed by atoms with E-state index in [1.807, 2.05) is 0 Å². The first-order valence-electron chi connectivity index (χ1n) is 2.90. The Labute approximate surface area is 50.8 Å². The number of nitrogens with zero attached hydrogens (tertiary/aromatic N) is 1. The Morgan fingerprint density at radius 3 is 2.00 bits per heavy atom. The van der Waals surface area contributed by atoms with Gasteiger partial charge < -0.3 is 0 Å². The van der Waals surface area contributed by atoms with Gasteiger partial charge in [-0.15, -0.1) is 0 Å². The van der Waals surface area contributed by atoms with E-state index in [2.05, 4.69) is 25.8 Å². The van der Waals surface area contributed by atoms with E-state index in [1.165, 1.54) is 16.8 Å². The zero-order chi connectivity index (χ0) is 6.15. The van der Waals surface area contributed by atoms with Crippen molar-refractivity contribution in [3.05, 3.63) is 11.2 Å². The van der Waals surface area contributed by atoms with Crippen LogP contribution in [0.15, 0.2) is 16.2 Å². The summed E-state index contributed by atoms with van der Waals surface area (Å²) in [7, 11) is 1.09. The molecule has 1 heterocycles. The minimum atomic E-state index is 1.09. The highest BCUT2D eigenvalue weighted by Gasteiger charge is 2.07. The highest BCUT2D eigenvalue weighted by molar-refractivity contribution is 6.81. The normalized spacial score (nSPS) is 18.6. The van der Waals surface area contributed by atoms with Crippen molar-refractivity contribution in [2.75, 3.05) is 0 Å². The van der Waals surface area contributed by atoms with Crippen LogP contribution < -0.4 is 0 Å². The van der Waals surface area contributed by atoms with Gasteiger partial charge in [0.25, 0.3) is 0 Å². The van der Waals surface area contributed by atoms with Gasteiger partial charge in [0, 0.05) is 5.70 Å². The lowest BCUT2D eigenvalue weighted by molar-refractivity contribution is 1.29. The molecule has 0 saturated carbocycles. The summed E-state index contributed by atoms with van der Waals surface area (Å²) in [6.07, 6.45) is 0. The summed E-state index contributed by atoms with van der Waals surface area (Å²) >= 11 is 0. The molecule has 1 aliphatic rings. The van der Waals surface area contributed by atoms with Crippen LogP contribution in [0.3, 0.4) is 0 Å². The second-order valence-electron chi connectivity index (χ2n) is 2.39. The van der Waals surface area contributed by atoms with Crippen molar-refractivity contribution in [3.63, 3.8) is 0 Å². The molecule has 0 N–H and O–H groups in total. The van der Waals surface area contributed by atoms with Crippen molar-refractivity contribution in [2.24, 2.45) is 4.99 Å². The minimum Gasteiger partial charge on any atom is -0.274 e. The molecule has 0 fully saturated rings. The van der Waals surface area contributed by atoms with Crippen molar-refractivity contribution in [1.29, 1.82) is 0 Å². The maximum atomic E-state index is 4.27. The Kier molecular flexibility index (Phi) is 1.24. The van der Waals surface area contributed by atoms with Crippen LogP contribution in [-0.4, -0.2) is 12.9 Å². The third kappa shape index (κ3) is 0.833. The van der Waals surface area contributed by atoms with Gasteiger partial charge in [0.05, 0.1) is 0 Å². The van der Waals surface area contributed by atoms with E-state index in [4.69, 9.17) is 0 Å². The molecule has 1 rings (SSSR count). The van der Waals surface area contributed by atoms with Crippen molar-refractivity contribution in [3.8, 4) is 0 Å². The van der Waals surface area contributed by atoms with Crippen LogP contribution in [0.25, 0.3) is 0 Å².